The summed E-state index contributed by atoms with van der Waals surface area (Å²) >= 11 is 7.34. The molecule has 0 spiro atoms. The van der Waals surface area contributed by atoms with Crippen molar-refractivity contribution in [2.45, 2.75) is 20.3 Å². The molecular formula is C13H13ClN2O2S. The minimum Gasteiger partial charge on any atom is -0.465 e. The number of methoxy groups -OCH3 is 1. The predicted octanol–water partition coefficient (Wildman–Crippen LogP) is 3.52. The zero-order chi connectivity index (χ0) is 14.0. The van der Waals surface area contributed by atoms with Crippen LogP contribution in [0.15, 0.2) is 11.4 Å². The van der Waals surface area contributed by atoms with Crippen LogP contribution in [0.25, 0.3) is 11.3 Å². The SMILES string of the molecule is CCc1nc(Cl)cc(-c2c(C)csc2C(=O)OC)n1. The number of halogens is 1. The third-order valence-electron chi connectivity index (χ3n) is 2.66. The van der Waals surface area contributed by atoms with Gasteiger partial charge in [0.2, 0.25) is 0 Å². The van der Waals surface area contributed by atoms with Crippen molar-refractivity contribution in [1.82, 2.24) is 9.97 Å². The normalized spacial score (nSPS) is 10.5. The molecule has 0 N–H and O–H groups in total. The maximum absolute atomic E-state index is 11.8. The summed E-state index contributed by atoms with van der Waals surface area (Å²) in [5.74, 6) is 0.296. The summed E-state index contributed by atoms with van der Waals surface area (Å²) in [6, 6.07) is 1.67. The number of rotatable bonds is 3. The third kappa shape index (κ3) is 2.77. The summed E-state index contributed by atoms with van der Waals surface area (Å²) in [7, 11) is 1.37. The molecule has 6 heteroatoms. The Balaban J connectivity index is 2.61. The standard InChI is InChI=1S/C13H13ClN2O2S/c1-4-10-15-8(5-9(14)16-10)11-7(2)6-19-12(11)13(17)18-3/h5-6H,4H2,1-3H3. The number of carbonyl (C=O) groups excluding carboxylic acids is 1. The fourth-order valence-electron chi connectivity index (χ4n) is 1.76. The van der Waals surface area contributed by atoms with Crippen LogP contribution in [-0.4, -0.2) is 23.0 Å². The van der Waals surface area contributed by atoms with Crippen LogP contribution in [0, 0.1) is 6.92 Å². The number of hydrogen-bond acceptors (Lipinski definition) is 5. The molecule has 0 aliphatic rings. The molecule has 0 unspecified atom stereocenters. The summed E-state index contributed by atoms with van der Waals surface area (Å²) < 4.78 is 4.79. The molecule has 0 aromatic carbocycles. The van der Waals surface area contributed by atoms with Crippen LogP contribution in [0.4, 0.5) is 0 Å². The Hall–Kier alpha value is -1.46. The fourth-order valence-corrected chi connectivity index (χ4v) is 2.93. The van der Waals surface area contributed by atoms with E-state index in [0.717, 1.165) is 11.1 Å². The van der Waals surface area contributed by atoms with Gasteiger partial charge in [-0.3, -0.25) is 0 Å². The summed E-state index contributed by atoms with van der Waals surface area (Å²) in [5.41, 5.74) is 2.41. The minimum atomic E-state index is -0.360. The van der Waals surface area contributed by atoms with Gasteiger partial charge < -0.3 is 4.74 Å². The second-order valence-corrected chi connectivity index (χ2v) is 5.23. The lowest BCUT2D eigenvalue weighted by Gasteiger charge is -2.06. The van der Waals surface area contributed by atoms with E-state index < -0.39 is 0 Å². The number of aromatic nitrogens is 2. The number of nitrogens with zero attached hydrogens (tertiary/aromatic N) is 2. The Morgan fingerprint density at radius 2 is 2.21 bits per heavy atom. The number of aryl methyl sites for hydroxylation is 2. The van der Waals surface area contributed by atoms with Gasteiger partial charge in [-0.1, -0.05) is 18.5 Å². The molecule has 0 atom stereocenters. The Kier molecular flexibility index (Phi) is 4.17. The predicted molar refractivity (Wildman–Crippen MR) is 75.8 cm³/mol. The van der Waals surface area contributed by atoms with Gasteiger partial charge in [0.05, 0.1) is 12.8 Å². The van der Waals surface area contributed by atoms with Gasteiger partial charge in [-0.15, -0.1) is 11.3 Å². The molecule has 0 radical (unpaired) electrons. The molecule has 100 valence electrons. The lowest BCUT2D eigenvalue weighted by molar-refractivity contribution is 0.0607. The average molecular weight is 297 g/mol. The summed E-state index contributed by atoms with van der Waals surface area (Å²) in [5, 5.41) is 2.28. The second kappa shape index (κ2) is 5.67. The first-order valence-electron chi connectivity index (χ1n) is 5.77. The maximum atomic E-state index is 11.8. The fraction of sp³-hybridized carbons (Fsp3) is 0.308. The number of thiophene rings is 1. The van der Waals surface area contributed by atoms with Crippen molar-refractivity contribution in [2.75, 3.05) is 7.11 Å². The Morgan fingerprint density at radius 3 is 2.84 bits per heavy atom. The monoisotopic (exact) mass is 296 g/mol. The van der Waals surface area contributed by atoms with Crippen LogP contribution in [0.1, 0.15) is 28.0 Å². The third-order valence-corrected chi connectivity index (χ3v) is 3.93. The van der Waals surface area contributed by atoms with E-state index in [4.69, 9.17) is 16.3 Å². The highest BCUT2D eigenvalue weighted by atomic mass is 35.5. The molecule has 2 heterocycles. The topological polar surface area (TPSA) is 52.1 Å². The number of hydrogen-bond donors (Lipinski definition) is 0. The number of ether oxygens (including phenoxy) is 1. The van der Waals surface area contributed by atoms with Crippen molar-refractivity contribution < 1.29 is 9.53 Å². The van der Waals surface area contributed by atoms with E-state index in [1.54, 1.807) is 6.07 Å². The van der Waals surface area contributed by atoms with Crippen LogP contribution in [0.5, 0.6) is 0 Å². The smallest absolute Gasteiger partial charge is 0.348 e. The van der Waals surface area contributed by atoms with Gasteiger partial charge in [-0.2, -0.15) is 0 Å². The second-order valence-electron chi connectivity index (χ2n) is 3.96. The Morgan fingerprint density at radius 1 is 1.47 bits per heavy atom. The number of esters is 1. The van der Waals surface area contributed by atoms with E-state index >= 15 is 0 Å². The van der Waals surface area contributed by atoms with Crippen molar-refractivity contribution >= 4 is 28.9 Å². The number of carbonyl (C=O) groups is 1. The van der Waals surface area contributed by atoms with E-state index in [1.165, 1.54) is 18.4 Å². The molecule has 0 amide bonds. The van der Waals surface area contributed by atoms with E-state index in [1.807, 2.05) is 19.2 Å². The summed E-state index contributed by atoms with van der Waals surface area (Å²) in [6.45, 7) is 3.89. The first kappa shape index (κ1) is 14.0. The molecule has 4 nitrogen and oxygen atoms in total. The van der Waals surface area contributed by atoms with Gasteiger partial charge >= 0.3 is 5.97 Å². The zero-order valence-electron chi connectivity index (χ0n) is 10.9. The van der Waals surface area contributed by atoms with Crippen LogP contribution in [0.3, 0.4) is 0 Å². The van der Waals surface area contributed by atoms with Gasteiger partial charge in [0.15, 0.2) is 0 Å². The van der Waals surface area contributed by atoms with E-state index in [0.29, 0.717) is 28.0 Å². The van der Waals surface area contributed by atoms with Crippen molar-refractivity contribution in [1.29, 1.82) is 0 Å². The van der Waals surface area contributed by atoms with Crippen molar-refractivity contribution in [2.24, 2.45) is 0 Å². The van der Waals surface area contributed by atoms with Crippen LogP contribution in [0.2, 0.25) is 5.15 Å². The van der Waals surface area contributed by atoms with Crippen molar-refractivity contribution in [3.05, 3.63) is 32.9 Å². The quantitative estimate of drug-likeness (QED) is 0.642. The largest absolute Gasteiger partial charge is 0.465 e. The molecule has 2 aromatic heterocycles. The molecular weight excluding hydrogens is 284 g/mol. The summed E-state index contributed by atoms with van der Waals surface area (Å²) in [6.07, 6.45) is 0.685. The molecule has 0 saturated heterocycles. The molecule has 0 saturated carbocycles. The van der Waals surface area contributed by atoms with Gasteiger partial charge in [-0.05, 0) is 17.9 Å². The Labute approximate surface area is 120 Å². The van der Waals surface area contributed by atoms with Crippen molar-refractivity contribution in [3.8, 4) is 11.3 Å². The van der Waals surface area contributed by atoms with Gasteiger partial charge in [-0.25, -0.2) is 14.8 Å². The first-order valence-corrected chi connectivity index (χ1v) is 7.02. The Bertz CT molecular complexity index is 625. The van der Waals surface area contributed by atoms with E-state index in [2.05, 4.69) is 9.97 Å². The van der Waals surface area contributed by atoms with Crippen LogP contribution < -0.4 is 0 Å². The van der Waals surface area contributed by atoms with Crippen LogP contribution >= 0.6 is 22.9 Å². The molecule has 0 aliphatic carbocycles. The maximum Gasteiger partial charge on any atom is 0.348 e. The summed E-state index contributed by atoms with van der Waals surface area (Å²) in [4.78, 5) is 20.9. The molecule has 0 bridgehead atoms. The molecule has 0 fully saturated rings. The minimum absolute atomic E-state index is 0.360. The molecule has 0 aliphatic heterocycles. The van der Waals surface area contributed by atoms with Gasteiger partial charge in [0, 0.05) is 18.1 Å². The first-order chi connectivity index (χ1) is 9.06. The molecule has 2 aromatic rings. The molecule has 19 heavy (non-hydrogen) atoms. The lowest BCUT2D eigenvalue weighted by Crippen LogP contribution is -2.02. The van der Waals surface area contributed by atoms with E-state index in [-0.39, 0.29) is 5.97 Å². The highest BCUT2D eigenvalue weighted by molar-refractivity contribution is 7.12. The van der Waals surface area contributed by atoms with E-state index in [9.17, 15) is 4.79 Å². The van der Waals surface area contributed by atoms with Gasteiger partial charge in [0.1, 0.15) is 15.9 Å². The van der Waals surface area contributed by atoms with Gasteiger partial charge in [0.25, 0.3) is 0 Å². The zero-order valence-corrected chi connectivity index (χ0v) is 12.4. The average Bonchev–Trinajstić information content (AvgIpc) is 2.79. The highest BCUT2D eigenvalue weighted by Gasteiger charge is 2.20. The van der Waals surface area contributed by atoms with Crippen LogP contribution in [-0.2, 0) is 11.2 Å². The van der Waals surface area contributed by atoms with Crippen molar-refractivity contribution in [3.63, 3.8) is 0 Å². The molecule has 2 rings (SSSR count). The lowest BCUT2D eigenvalue weighted by atomic mass is 10.1. The highest BCUT2D eigenvalue weighted by Crippen LogP contribution is 2.32.